The predicted octanol–water partition coefficient (Wildman–Crippen LogP) is 2.19. The second-order valence-corrected chi connectivity index (χ2v) is 6.49. The molecule has 1 aromatic carbocycles. The number of nitrogens with zero attached hydrogens (tertiary/aromatic N) is 1. The van der Waals surface area contributed by atoms with E-state index in [1.807, 2.05) is 18.2 Å². The van der Waals surface area contributed by atoms with Crippen LogP contribution in [0.5, 0.6) is 0 Å². The predicted molar refractivity (Wildman–Crippen MR) is 86.4 cm³/mol. The number of amides is 1. The van der Waals surface area contributed by atoms with Crippen LogP contribution in [0.1, 0.15) is 31.7 Å². The molecule has 3 rings (SSSR count). The van der Waals surface area contributed by atoms with Crippen molar-refractivity contribution in [2.75, 3.05) is 19.7 Å². The molecule has 1 saturated carbocycles. The Morgan fingerprint density at radius 2 is 2.14 bits per heavy atom. The molecule has 1 saturated heterocycles. The van der Waals surface area contributed by atoms with E-state index < -0.39 is 0 Å². The lowest BCUT2D eigenvalue weighted by molar-refractivity contribution is -0.138. The lowest BCUT2D eigenvalue weighted by Gasteiger charge is -2.32. The number of ether oxygens (including phenoxy) is 1. The van der Waals surface area contributed by atoms with Crippen molar-refractivity contribution in [2.45, 2.75) is 44.9 Å². The summed E-state index contributed by atoms with van der Waals surface area (Å²) < 4.78 is 5.69. The molecule has 0 aromatic heterocycles. The molecule has 0 radical (unpaired) electrons. The summed E-state index contributed by atoms with van der Waals surface area (Å²) in [6.07, 6.45) is 3.00. The molecular weight excluding hydrogens is 276 g/mol. The third-order valence-corrected chi connectivity index (χ3v) is 4.72. The first kappa shape index (κ1) is 15.5. The van der Waals surface area contributed by atoms with Gasteiger partial charge in [-0.1, -0.05) is 30.3 Å². The number of carbonyl (C=O) groups is 1. The standard InChI is InChI=1S/C18H26N2O2/c1-14(16-7-8-16)20(13-15-5-3-2-4-6-15)18(21)11-17-12-19-9-10-22-17/h2-6,14,16-17,19H,7-13H2,1H3. The molecule has 22 heavy (non-hydrogen) atoms. The molecule has 1 aliphatic carbocycles. The molecule has 2 fully saturated rings. The number of benzene rings is 1. The van der Waals surface area contributed by atoms with Gasteiger partial charge in [0.2, 0.25) is 5.91 Å². The minimum absolute atomic E-state index is 0.0194. The topological polar surface area (TPSA) is 41.6 Å². The Kier molecular flexibility index (Phi) is 5.11. The SMILES string of the molecule is CC(C1CC1)N(Cc1ccccc1)C(=O)CC1CNCCO1. The van der Waals surface area contributed by atoms with E-state index in [4.69, 9.17) is 4.74 Å². The van der Waals surface area contributed by atoms with Crippen LogP contribution in [0.2, 0.25) is 0 Å². The Labute approximate surface area is 132 Å². The van der Waals surface area contributed by atoms with Crippen molar-refractivity contribution in [1.82, 2.24) is 10.2 Å². The molecule has 1 aliphatic heterocycles. The quantitative estimate of drug-likeness (QED) is 0.876. The maximum absolute atomic E-state index is 12.8. The summed E-state index contributed by atoms with van der Waals surface area (Å²) in [5.41, 5.74) is 1.20. The van der Waals surface area contributed by atoms with Gasteiger partial charge >= 0.3 is 0 Å². The zero-order valence-electron chi connectivity index (χ0n) is 13.3. The highest BCUT2D eigenvalue weighted by Gasteiger charge is 2.35. The molecule has 1 N–H and O–H groups in total. The normalized spacial score (nSPS) is 23.0. The van der Waals surface area contributed by atoms with Gasteiger partial charge in [0.25, 0.3) is 0 Å². The number of rotatable bonds is 6. The van der Waals surface area contributed by atoms with E-state index in [1.54, 1.807) is 0 Å². The monoisotopic (exact) mass is 302 g/mol. The third kappa shape index (κ3) is 4.08. The van der Waals surface area contributed by atoms with Crippen molar-refractivity contribution >= 4 is 5.91 Å². The second kappa shape index (κ2) is 7.25. The Bertz CT molecular complexity index is 481. The summed E-state index contributed by atoms with van der Waals surface area (Å²) in [5, 5.41) is 3.30. The van der Waals surface area contributed by atoms with Gasteiger partial charge in [0.05, 0.1) is 19.1 Å². The van der Waals surface area contributed by atoms with Gasteiger partial charge in [-0.2, -0.15) is 0 Å². The van der Waals surface area contributed by atoms with E-state index in [1.165, 1.54) is 18.4 Å². The number of nitrogens with one attached hydrogen (secondary N) is 1. The molecule has 2 aliphatic rings. The molecule has 2 unspecified atom stereocenters. The van der Waals surface area contributed by atoms with Crippen LogP contribution in [0, 0.1) is 5.92 Å². The summed E-state index contributed by atoms with van der Waals surface area (Å²) in [5.74, 6) is 0.898. The molecule has 4 heteroatoms. The molecule has 1 aromatic rings. The largest absolute Gasteiger partial charge is 0.375 e. The zero-order chi connectivity index (χ0) is 15.4. The Morgan fingerprint density at radius 1 is 1.36 bits per heavy atom. The molecule has 1 heterocycles. The van der Waals surface area contributed by atoms with Gasteiger partial charge < -0.3 is 15.0 Å². The minimum atomic E-state index is 0.0194. The zero-order valence-corrected chi connectivity index (χ0v) is 13.3. The maximum Gasteiger partial charge on any atom is 0.225 e. The number of morpholine rings is 1. The number of hydrogen-bond acceptors (Lipinski definition) is 3. The highest BCUT2D eigenvalue weighted by atomic mass is 16.5. The average molecular weight is 302 g/mol. The van der Waals surface area contributed by atoms with Crippen LogP contribution in [0.25, 0.3) is 0 Å². The fourth-order valence-electron chi connectivity index (χ4n) is 3.14. The van der Waals surface area contributed by atoms with Crippen molar-refractivity contribution in [2.24, 2.45) is 5.92 Å². The maximum atomic E-state index is 12.8. The van der Waals surface area contributed by atoms with Crippen LogP contribution in [-0.2, 0) is 16.1 Å². The van der Waals surface area contributed by atoms with Gasteiger partial charge in [-0.25, -0.2) is 0 Å². The fourth-order valence-corrected chi connectivity index (χ4v) is 3.14. The van der Waals surface area contributed by atoms with E-state index in [-0.39, 0.29) is 12.0 Å². The Morgan fingerprint density at radius 3 is 2.77 bits per heavy atom. The Balaban J connectivity index is 1.65. The lowest BCUT2D eigenvalue weighted by Crippen LogP contribution is -2.45. The summed E-state index contributed by atoms with van der Waals surface area (Å²) in [6, 6.07) is 10.6. The number of carbonyl (C=O) groups excluding carboxylic acids is 1. The molecule has 2 atom stereocenters. The van der Waals surface area contributed by atoms with Crippen molar-refractivity contribution in [3.8, 4) is 0 Å². The molecular formula is C18H26N2O2. The fraction of sp³-hybridized carbons (Fsp3) is 0.611. The summed E-state index contributed by atoms with van der Waals surface area (Å²) >= 11 is 0. The van der Waals surface area contributed by atoms with Crippen LogP contribution < -0.4 is 5.32 Å². The first-order valence-electron chi connectivity index (χ1n) is 8.40. The van der Waals surface area contributed by atoms with Gasteiger partial charge in [0.1, 0.15) is 0 Å². The van der Waals surface area contributed by atoms with Gasteiger partial charge in [-0.15, -0.1) is 0 Å². The summed E-state index contributed by atoms with van der Waals surface area (Å²) in [4.78, 5) is 14.9. The molecule has 0 bridgehead atoms. The molecule has 4 nitrogen and oxygen atoms in total. The van der Waals surface area contributed by atoms with Crippen LogP contribution in [0.15, 0.2) is 30.3 Å². The molecule has 0 spiro atoms. The van der Waals surface area contributed by atoms with Gasteiger partial charge in [-0.3, -0.25) is 4.79 Å². The molecule has 120 valence electrons. The van der Waals surface area contributed by atoms with Crippen LogP contribution in [-0.4, -0.2) is 42.6 Å². The van der Waals surface area contributed by atoms with E-state index in [2.05, 4.69) is 29.3 Å². The van der Waals surface area contributed by atoms with E-state index in [9.17, 15) is 4.79 Å². The van der Waals surface area contributed by atoms with E-state index in [0.717, 1.165) is 13.1 Å². The Hall–Kier alpha value is -1.39. The van der Waals surface area contributed by atoms with Gasteiger partial charge in [-0.05, 0) is 31.2 Å². The first-order chi connectivity index (χ1) is 10.7. The highest BCUT2D eigenvalue weighted by Crippen LogP contribution is 2.36. The average Bonchev–Trinajstić information content (AvgIpc) is 3.39. The van der Waals surface area contributed by atoms with Crippen molar-refractivity contribution in [1.29, 1.82) is 0 Å². The van der Waals surface area contributed by atoms with Crippen molar-refractivity contribution in [3.63, 3.8) is 0 Å². The van der Waals surface area contributed by atoms with E-state index >= 15 is 0 Å². The summed E-state index contributed by atoms with van der Waals surface area (Å²) in [7, 11) is 0. The second-order valence-electron chi connectivity index (χ2n) is 6.49. The van der Waals surface area contributed by atoms with Crippen molar-refractivity contribution in [3.05, 3.63) is 35.9 Å². The van der Waals surface area contributed by atoms with Crippen molar-refractivity contribution < 1.29 is 9.53 Å². The lowest BCUT2D eigenvalue weighted by atomic mass is 10.1. The molecule has 1 amide bonds. The summed E-state index contributed by atoms with van der Waals surface area (Å²) in [6.45, 7) is 5.27. The first-order valence-corrected chi connectivity index (χ1v) is 8.40. The third-order valence-electron chi connectivity index (χ3n) is 4.72. The highest BCUT2D eigenvalue weighted by molar-refractivity contribution is 5.77. The van der Waals surface area contributed by atoms with Gasteiger partial charge in [0, 0.05) is 25.7 Å². The van der Waals surface area contributed by atoms with Crippen LogP contribution in [0.3, 0.4) is 0 Å². The van der Waals surface area contributed by atoms with E-state index in [0.29, 0.717) is 31.5 Å². The smallest absolute Gasteiger partial charge is 0.225 e. The minimum Gasteiger partial charge on any atom is -0.375 e. The van der Waals surface area contributed by atoms with Crippen LogP contribution in [0.4, 0.5) is 0 Å². The van der Waals surface area contributed by atoms with Gasteiger partial charge in [0.15, 0.2) is 0 Å². The van der Waals surface area contributed by atoms with Crippen LogP contribution >= 0.6 is 0 Å². The number of hydrogen-bond donors (Lipinski definition) is 1.